The summed E-state index contributed by atoms with van der Waals surface area (Å²) in [6.45, 7) is 5.60. The van der Waals surface area contributed by atoms with Crippen LogP contribution in [-0.2, 0) is 9.53 Å². The average Bonchev–Trinajstić information content (AvgIpc) is 2.56. The number of para-hydroxylation sites is 1. The Morgan fingerprint density at radius 1 is 1.16 bits per heavy atom. The third-order valence-electron chi connectivity index (χ3n) is 3.44. The van der Waals surface area contributed by atoms with E-state index in [0.717, 1.165) is 11.1 Å². The van der Waals surface area contributed by atoms with Crippen LogP contribution in [0.15, 0.2) is 36.4 Å². The Hall–Kier alpha value is -2.53. The zero-order valence-electron chi connectivity index (χ0n) is 14.4. The molecule has 0 saturated carbocycles. The van der Waals surface area contributed by atoms with Crippen molar-refractivity contribution in [2.45, 2.75) is 20.8 Å². The Bertz CT molecular complexity index is 766. The molecule has 5 nitrogen and oxygen atoms in total. The smallest absolute Gasteiger partial charge is 0.342 e. The molecular formula is C19H20ClNO4. The monoisotopic (exact) mass is 361 g/mol. The highest BCUT2D eigenvalue weighted by atomic mass is 35.5. The fourth-order valence-electron chi connectivity index (χ4n) is 2.38. The maximum absolute atomic E-state index is 12.2. The molecule has 0 fully saturated rings. The van der Waals surface area contributed by atoms with Crippen LogP contribution in [0, 0.1) is 13.8 Å². The van der Waals surface area contributed by atoms with Gasteiger partial charge in [0.15, 0.2) is 6.61 Å². The highest BCUT2D eigenvalue weighted by Gasteiger charge is 2.16. The molecular weight excluding hydrogens is 342 g/mol. The van der Waals surface area contributed by atoms with Crippen LogP contribution in [0.4, 0.5) is 5.69 Å². The second kappa shape index (κ2) is 8.53. The number of carbonyl (C=O) groups is 2. The van der Waals surface area contributed by atoms with Crippen LogP contribution < -0.4 is 10.1 Å². The van der Waals surface area contributed by atoms with Gasteiger partial charge in [-0.3, -0.25) is 4.79 Å². The summed E-state index contributed by atoms with van der Waals surface area (Å²) >= 11 is 6.15. The number of carbonyl (C=O) groups excluding carboxylic acids is 2. The molecule has 0 bridgehead atoms. The Labute approximate surface area is 151 Å². The minimum Gasteiger partial charge on any atom is -0.493 e. The van der Waals surface area contributed by atoms with Gasteiger partial charge < -0.3 is 14.8 Å². The summed E-state index contributed by atoms with van der Waals surface area (Å²) in [4.78, 5) is 24.2. The summed E-state index contributed by atoms with van der Waals surface area (Å²) in [6.07, 6.45) is 0. The molecule has 0 unspecified atom stereocenters. The third kappa shape index (κ3) is 4.97. The van der Waals surface area contributed by atoms with E-state index in [1.165, 1.54) is 0 Å². The van der Waals surface area contributed by atoms with E-state index in [2.05, 4.69) is 5.32 Å². The maximum Gasteiger partial charge on any atom is 0.342 e. The fraction of sp³-hybridized carbons (Fsp3) is 0.263. The summed E-state index contributed by atoms with van der Waals surface area (Å²) in [5.74, 6) is -0.658. The van der Waals surface area contributed by atoms with Crippen LogP contribution in [0.5, 0.6) is 5.75 Å². The molecule has 132 valence electrons. The number of rotatable bonds is 6. The number of anilines is 1. The molecule has 2 aromatic rings. The van der Waals surface area contributed by atoms with Gasteiger partial charge in [-0.15, -0.1) is 0 Å². The Balaban J connectivity index is 2.00. The molecule has 6 heteroatoms. The Kier molecular flexibility index (Phi) is 6.42. The molecule has 0 heterocycles. The Morgan fingerprint density at radius 3 is 2.56 bits per heavy atom. The first-order chi connectivity index (χ1) is 11.9. The van der Waals surface area contributed by atoms with E-state index >= 15 is 0 Å². The topological polar surface area (TPSA) is 64.6 Å². The number of hydrogen-bond donors (Lipinski definition) is 1. The normalized spacial score (nSPS) is 10.2. The molecule has 1 N–H and O–H groups in total. The van der Waals surface area contributed by atoms with Gasteiger partial charge in [0.25, 0.3) is 5.91 Å². The molecule has 2 aromatic carbocycles. The molecule has 0 radical (unpaired) electrons. The SMILES string of the molecule is CCOc1ccccc1C(=O)OCC(=O)Nc1c(C)cc(C)cc1Cl. The number of benzene rings is 2. The number of nitrogens with one attached hydrogen (secondary N) is 1. The van der Waals surface area contributed by atoms with Crippen LogP contribution in [0.25, 0.3) is 0 Å². The van der Waals surface area contributed by atoms with Gasteiger partial charge >= 0.3 is 5.97 Å². The molecule has 0 aliphatic carbocycles. The van der Waals surface area contributed by atoms with E-state index in [4.69, 9.17) is 21.1 Å². The van der Waals surface area contributed by atoms with Crippen LogP contribution in [0.2, 0.25) is 5.02 Å². The predicted octanol–water partition coefficient (Wildman–Crippen LogP) is 4.15. The van der Waals surface area contributed by atoms with E-state index < -0.39 is 18.5 Å². The molecule has 0 spiro atoms. The van der Waals surface area contributed by atoms with E-state index in [1.54, 1.807) is 30.3 Å². The largest absolute Gasteiger partial charge is 0.493 e. The van der Waals surface area contributed by atoms with Crippen LogP contribution in [0.1, 0.15) is 28.4 Å². The lowest BCUT2D eigenvalue weighted by Crippen LogP contribution is -2.22. The molecule has 0 aromatic heterocycles. The minimum atomic E-state index is -0.620. The highest BCUT2D eigenvalue weighted by molar-refractivity contribution is 6.34. The van der Waals surface area contributed by atoms with Crippen LogP contribution in [-0.4, -0.2) is 25.1 Å². The zero-order chi connectivity index (χ0) is 18.4. The molecule has 25 heavy (non-hydrogen) atoms. The minimum absolute atomic E-state index is 0.279. The van der Waals surface area contributed by atoms with Gasteiger partial charge in [0.05, 0.1) is 17.3 Å². The second-order valence-electron chi connectivity index (χ2n) is 5.49. The van der Waals surface area contributed by atoms with Gasteiger partial charge in [-0.05, 0) is 50.1 Å². The van der Waals surface area contributed by atoms with E-state index in [9.17, 15) is 9.59 Å². The summed E-state index contributed by atoms with van der Waals surface area (Å²) in [6, 6.07) is 10.4. The van der Waals surface area contributed by atoms with Gasteiger partial charge in [-0.1, -0.05) is 29.8 Å². The lowest BCUT2D eigenvalue weighted by atomic mass is 10.1. The first-order valence-corrected chi connectivity index (χ1v) is 8.25. The first kappa shape index (κ1) is 18.8. The van der Waals surface area contributed by atoms with Gasteiger partial charge in [0.1, 0.15) is 11.3 Å². The molecule has 0 atom stereocenters. The van der Waals surface area contributed by atoms with Crippen molar-refractivity contribution >= 4 is 29.2 Å². The fourth-order valence-corrected chi connectivity index (χ4v) is 2.74. The number of esters is 1. The molecule has 0 aliphatic heterocycles. The third-order valence-corrected chi connectivity index (χ3v) is 3.74. The van der Waals surface area contributed by atoms with Crippen LogP contribution >= 0.6 is 11.6 Å². The number of halogens is 1. The predicted molar refractivity (Wildman–Crippen MR) is 97.4 cm³/mol. The molecule has 0 aliphatic rings. The maximum atomic E-state index is 12.2. The average molecular weight is 362 g/mol. The van der Waals surface area contributed by atoms with E-state index in [1.807, 2.05) is 26.8 Å². The van der Waals surface area contributed by atoms with Gasteiger partial charge in [-0.25, -0.2) is 4.79 Å². The van der Waals surface area contributed by atoms with Crippen molar-refractivity contribution in [2.75, 3.05) is 18.5 Å². The van der Waals surface area contributed by atoms with Crippen LogP contribution in [0.3, 0.4) is 0 Å². The molecule has 0 saturated heterocycles. The Morgan fingerprint density at radius 2 is 1.88 bits per heavy atom. The second-order valence-corrected chi connectivity index (χ2v) is 5.90. The summed E-state index contributed by atoms with van der Waals surface area (Å²) in [5.41, 5.74) is 2.63. The van der Waals surface area contributed by atoms with Crippen molar-refractivity contribution in [1.82, 2.24) is 0 Å². The number of ether oxygens (including phenoxy) is 2. The van der Waals surface area contributed by atoms with E-state index in [0.29, 0.717) is 23.1 Å². The lowest BCUT2D eigenvalue weighted by molar-refractivity contribution is -0.119. The standard InChI is InChI=1S/C19H20ClNO4/c1-4-24-16-8-6-5-7-14(16)19(23)25-11-17(22)21-18-13(3)9-12(2)10-15(18)20/h5-10H,4,11H2,1-3H3,(H,21,22). The summed E-state index contributed by atoms with van der Waals surface area (Å²) in [7, 11) is 0. The number of hydrogen-bond acceptors (Lipinski definition) is 4. The molecule has 2 rings (SSSR count). The summed E-state index contributed by atoms with van der Waals surface area (Å²) < 4.78 is 10.5. The van der Waals surface area contributed by atoms with Crippen molar-refractivity contribution in [3.05, 3.63) is 58.1 Å². The van der Waals surface area contributed by atoms with Crippen molar-refractivity contribution in [2.24, 2.45) is 0 Å². The lowest BCUT2D eigenvalue weighted by Gasteiger charge is -2.12. The quantitative estimate of drug-likeness (QED) is 0.785. The van der Waals surface area contributed by atoms with Gasteiger partial charge in [0.2, 0.25) is 0 Å². The van der Waals surface area contributed by atoms with Crippen molar-refractivity contribution in [3.8, 4) is 5.75 Å². The van der Waals surface area contributed by atoms with Gasteiger partial charge in [0, 0.05) is 0 Å². The van der Waals surface area contributed by atoms with Crippen molar-refractivity contribution in [3.63, 3.8) is 0 Å². The number of amides is 1. The summed E-state index contributed by atoms with van der Waals surface area (Å²) in [5, 5.41) is 3.12. The number of aryl methyl sites for hydroxylation is 2. The molecule has 1 amide bonds. The first-order valence-electron chi connectivity index (χ1n) is 7.88. The van der Waals surface area contributed by atoms with Crippen molar-refractivity contribution in [1.29, 1.82) is 0 Å². The van der Waals surface area contributed by atoms with Gasteiger partial charge in [-0.2, -0.15) is 0 Å². The van der Waals surface area contributed by atoms with E-state index in [-0.39, 0.29) is 5.56 Å². The zero-order valence-corrected chi connectivity index (χ0v) is 15.1. The highest BCUT2D eigenvalue weighted by Crippen LogP contribution is 2.27. The van der Waals surface area contributed by atoms with Crippen molar-refractivity contribution < 1.29 is 19.1 Å².